The van der Waals surface area contributed by atoms with Crippen molar-refractivity contribution in [3.05, 3.63) is 77.5 Å². The van der Waals surface area contributed by atoms with Gasteiger partial charge in [-0.25, -0.2) is 15.0 Å². The average molecular weight is 482 g/mol. The van der Waals surface area contributed by atoms with Crippen LogP contribution in [0, 0.1) is 6.92 Å². The summed E-state index contributed by atoms with van der Waals surface area (Å²) in [6.45, 7) is 10.5. The fourth-order valence-electron chi connectivity index (χ4n) is 3.71. The molecule has 1 aliphatic rings. The molecule has 2 aromatic carbocycles. The maximum absolute atomic E-state index is 13.1. The zero-order valence-electron chi connectivity index (χ0n) is 19.6. The van der Waals surface area contributed by atoms with E-state index in [1.165, 1.54) is 12.1 Å². The summed E-state index contributed by atoms with van der Waals surface area (Å²) in [5.74, 6) is 0.589. The molecule has 0 amide bonds. The highest BCUT2D eigenvalue weighted by atomic mass is 19.4. The molecule has 0 saturated carbocycles. The van der Waals surface area contributed by atoms with Crippen molar-refractivity contribution in [2.75, 3.05) is 31.2 Å². The van der Waals surface area contributed by atoms with E-state index in [4.69, 9.17) is 15.5 Å². The van der Waals surface area contributed by atoms with Gasteiger partial charge in [-0.3, -0.25) is 0 Å². The van der Waals surface area contributed by atoms with Crippen LogP contribution >= 0.6 is 0 Å². The molecule has 9 heteroatoms. The summed E-state index contributed by atoms with van der Waals surface area (Å²) in [5, 5.41) is 0. The molecule has 2 N–H and O–H groups in total. The van der Waals surface area contributed by atoms with Crippen LogP contribution in [0.4, 0.5) is 24.8 Å². The smallest absolute Gasteiger partial charge is 0.383 e. The molecule has 1 saturated heterocycles. The van der Waals surface area contributed by atoms with Crippen LogP contribution in [-0.4, -0.2) is 42.1 Å². The third-order valence-corrected chi connectivity index (χ3v) is 5.68. The Morgan fingerprint density at radius 2 is 1.83 bits per heavy atom. The van der Waals surface area contributed by atoms with Gasteiger partial charge in [0.15, 0.2) is 0 Å². The number of benzene rings is 2. The van der Waals surface area contributed by atoms with E-state index < -0.39 is 11.7 Å². The predicted molar refractivity (Wildman–Crippen MR) is 132 cm³/mol. The SMILES string of the molecule is C=C(C)c1cc(-c2cc(N=C(N)c3cccc(C(F)(F)F)c3)ccc2C)nc(N2CCOCC2)n1. The summed E-state index contributed by atoms with van der Waals surface area (Å²) in [6, 6.07) is 12.2. The fraction of sp³-hybridized carbons (Fsp3) is 0.269. The molecule has 182 valence electrons. The number of nitrogens with zero attached hydrogens (tertiary/aromatic N) is 4. The van der Waals surface area contributed by atoms with Crippen molar-refractivity contribution >= 4 is 23.0 Å². The average Bonchev–Trinajstić information content (AvgIpc) is 2.85. The van der Waals surface area contributed by atoms with E-state index in [2.05, 4.69) is 21.5 Å². The minimum Gasteiger partial charge on any atom is -0.383 e. The Morgan fingerprint density at radius 3 is 2.51 bits per heavy atom. The number of anilines is 1. The van der Waals surface area contributed by atoms with Crippen LogP contribution in [0.3, 0.4) is 0 Å². The molecular weight excluding hydrogens is 455 g/mol. The maximum Gasteiger partial charge on any atom is 0.416 e. The standard InChI is InChI=1S/C26H26F3N5O/c1-16(2)22-15-23(33-25(32-22)34-9-11-35-12-10-34)21-14-20(8-7-17(21)3)31-24(30)18-5-4-6-19(13-18)26(27,28)29/h4-8,13-15H,1,9-12H2,2-3H3,(H2,30,31). The second-order valence-electron chi connectivity index (χ2n) is 8.39. The van der Waals surface area contributed by atoms with E-state index in [1.807, 2.05) is 32.0 Å². The molecule has 0 radical (unpaired) electrons. The third-order valence-electron chi connectivity index (χ3n) is 5.68. The molecule has 1 aliphatic heterocycles. The van der Waals surface area contributed by atoms with Gasteiger partial charge >= 0.3 is 6.18 Å². The molecule has 2 heterocycles. The fourth-order valence-corrected chi connectivity index (χ4v) is 3.71. The molecule has 1 fully saturated rings. The van der Waals surface area contributed by atoms with Gasteiger partial charge in [-0.05, 0) is 55.3 Å². The van der Waals surface area contributed by atoms with E-state index in [0.717, 1.165) is 34.5 Å². The predicted octanol–water partition coefficient (Wildman–Crippen LogP) is 5.38. The van der Waals surface area contributed by atoms with Crippen LogP contribution in [0.15, 0.2) is 60.1 Å². The van der Waals surface area contributed by atoms with Crippen molar-refractivity contribution in [2.45, 2.75) is 20.0 Å². The number of ether oxygens (including phenoxy) is 1. The number of allylic oxidation sites excluding steroid dienone is 1. The molecule has 0 atom stereocenters. The number of rotatable bonds is 5. The van der Waals surface area contributed by atoms with Crippen LogP contribution in [0.25, 0.3) is 16.8 Å². The highest BCUT2D eigenvalue weighted by molar-refractivity contribution is 5.99. The first-order valence-electron chi connectivity index (χ1n) is 11.1. The minimum absolute atomic E-state index is 0.00905. The number of aromatic nitrogens is 2. The third kappa shape index (κ3) is 5.68. The molecule has 6 nitrogen and oxygen atoms in total. The normalized spacial score (nSPS) is 14.8. The first-order chi connectivity index (χ1) is 16.6. The van der Waals surface area contributed by atoms with Crippen LogP contribution in [0.1, 0.15) is 29.3 Å². The molecule has 0 aliphatic carbocycles. The van der Waals surface area contributed by atoms with E-state index in [-0.39, 0.29) is 11.4 Å². The summed E-state index contributed by atoms with van der Waals surface area (Å²) in [4.78, 5) is 15.9. The number of hydrogen-bond donors (Lipinski definition) is 1. The van der Waals surface area contributed by atoms with Gasteiger partial charge in [0, 0.05) is 24.2 Å². The summed E-state index contributed by atoms with van der Waals surface area (Å²) < 4.78 is 44.7. The number of hydrogen-bond acceptors (Lipinski definition) is 5. The van der Waals surface area contributed by atoms with Gasteiger partial charge in [-0.15, -0.1) is 0 Å². The van der Waals surface area contributed by atoms with Gasteiger partial charge in [0.05, 0.1) is 35.9 Å². The quantitative estimate of drug-likeness (QED) is 0.391. The van der Waals surface area contributed by atoms with E-state index in [9.17, 15) is 13.2 Å². The first-order valence-corrected chi connectivity index (χ1v) is 11.1. The number of alkyl halides is 3. The molecule has 4 rings (SSSR count). The summed E-state index contributed by atoms with van der Waals surface area (Å²) in [5.41, 5.74) is 10.0. The molecule has 1 aromatic heterocycles. The van der Waals surface area contributed by atoms with Gasteiger partial charge in [0.25, 0.3) is 0 Å². The molecule has 3 aromatic rings. The number of aryl methyl sites for hydroxylation is 1. The molecule has 0 bridgehead atoms. The number of morpholine rings is 1. The first kappa shape index (κ1) is 24.4. The topological polar surface area (TPSA) is 76.6 Å². The second kappa shape index (κ2) is 9.87. The van der Waals surface area contributed by atoms with Gasteiger partial charge in [0.2, 0.25) is 5.95 Å². The largest absolute Gasteiger partial charge is 0.416 e. The van der Waals surface area contributed by atoms with Gasteiger partial charge < -0.3 is 15.4 Å². The van der Waals surface area contributed by atoms with Gasteiger partial charge in [-0.2, -0.15) is 13.2 Å². The molecule has 35 heavy (non-hydrogen) atoms. The number of amidine groups is 1. The lowest BCUT2D eigenvalue weighted by molar-refractivity contribution is -0.137. The number of halogens is 3. The van der Waals surface area contributed by atoms with Crippen molar-refractivity contribution in [2.24, 2.45) is 10.7 Å². The summed E-state index contributed by atoms with van der Waals surface area (Å²) in [6.07, 6.45) is -4.46. The maximum atomic E-state index is 13.1. The van der Waals surface area contributed by atoms with Crippen molar-refractivity contribution in [3.63, 3.8) is 0 Å². The molecular formula is C26H26F3N5O. The highest BCUT2D eigenvalue weighted by Crippen LogP contribution is 2.31. The number of nitrogens with two attached hydrogens (primary N) is 1. The zero-order chi connectivity index (χ0) is 25.2. The van der Waals surface area contributed by atoms with Crippen molar-refractivity contribution in [1.29, 1.82) is 0 Å². The lowest BCUT2D eigenvalue weighted by atomic mass is 10.0. The lowest BCUT2D eigenvalue weighted by Crippen LogP contribution is -2.37. The van der Waals surface area contributed by atoms with E-state index in [0.29, 0.717) is 43.6 Å². The Balaban J connectivity index is 1.73. The van der Waals surface area contributed by atoms with E-state index in [1.54, 1.807) is 6.07 Å². The van der Waals surface area contributed by atoms with Crippen LogP contribution < -0.4 is 10.6 Å². The Bertz CT molecular complexity index is 1280. The van der Waals surface area contributed by atoms with Crippen LogP contribution in [-0.2, 0) is 10.9 Å². The Hall–Kier alpha value is -3.72. The van der Waals surface area contributed by atoms with E-state index >= 15 is 0 Å². The molecule has 0 spiro atoms. The van der Waals surface area contributed by atoms with Gasteiger partial charge in [0.1, 0.15) is 5.84 Å². The van der Waals surface area contributed by atoms with Gasteiger partial charge in [-0.1, -0.05) is 24.8 Å². The highest BCUT2D eigenvalue weighted by Gasteiger charge is 2.30. The minimum atomic E-state index is -4.46. The summed E-state index contributed by atoms with van der Waals surface area (Å²) in [7, 11) is 0. The van der Waals surface area contributed by atoms with Crippen molar-refractivity contribution in [1.82, 2.24) is 9.97 Å². The Morgan fingerprint density at radius 1 is 1.09 bits per heavy atom. The van der Waals surface area contributed by atoms with Crippen LogP contribution in [0.2, 0.25) is 0 Å². The van der Waals surface area contributed by atoms with Crippen LogP contribution in [0.5, 0.6) is 0 Å². The monoisotopic (exact) mass is 481 g/mol. The Kier molecular flexibility index (Phi) is 6.88. The molecule has 0 unspecified atom stereocenters. The Labute approximate surface area is 202 Å². The summed E-state index contributed by atoms with van der Waals surface area (Å²) >= 11 is 0. The number of aliphatic imine (C=N–C) groups is 1. The second-order valence-corrected chi connectivity index (χ2v) is 8.39. The van der Waals surface area contributed by atoms with Crippen molar-refractivity contribution in [3.8, 4) is 11.3 Å². The van der Waals surface area contributed by atoms with Crippen molar-refractivity contribution < 1.29 is 17.9 Å². The lowest BCUT2D eigenvalue weighted by Gasteiger charge is -2.27. The zero-order valence-corrected chi connectivity index (χ0v) is 19.6.